The third-order valence-electron chi connectivity index (χ3n) is 3.78. The van der Waals surface area contributed by atoms with Crippen LogP contribution in [0, 0.1) is 11.3 Å². The molecule has 1 aromatic carbocycles. The molecule has 0 spiro atoms. The van der Waals surface area contributed by atoms with E-state index < -0.39 is 6.10 Å². The number of amides is 1. The molecule has 0 aromatic heterocycles. The van der Waals surface area contributed by atoms with Crippen LogP contribution < -0.4 is 4.74 Å². The van der Waals surface area contributed by atoms with Crippen LogP contribution in [-0.4, -0.2) is 30.0 Å². The van der Waals surface area contributed by atoms with Crippen LogP contribution in [0.2, 0.25) is 0 Å². The fraction of sp³-hybridized carbons (Fsp3) is 0.529. The third-order valence-corrected chi connectivity index (χ3v) is 3.78. The first-order valence-electron chi connectivity index (χ1n) is 7.62. The minimum absolute atomic E-state index is 0.0676. The van der Waals surface area contributed by atoms with Crippen LogP contribution >= 0.6 is 0 Å². The molecule has 21 heavy (non-hydrogen) atoms. The zero-order valence-electron chi connectivity index (χ0n) is 12.5. The number of ether oxygens (including phenoxy) is 1. The fourth-order valence-corrected chi connectivity index (χ4v) is 2.58. The van der Waals surface area contributed by atoms with Crippen molar-refractivity contribution in [3.05, 3.63) is 29.8 Å². The van der Waals surface area contributed by atoms with Crippen LogP contribution in [-0.2, 0) is 11.2 Å². The van der Waals surface area contributed by atoms with Crippen molar-refractivity contribution in [3.63, 3.8) is 0 Å². The highest BCUT2D eigenvalue weighted by molar-refractivity contribution is 5.80. The summed E-state index contributed by atoms with van der Waals surface area (Å²) in [5, 5.41) is 8.64. The Morgan fingerprint density at radius 2 is 1.86 bits per heavy atom. The molecule has 1 aliphatic rings. The minimum Gasteiger partial charge on any atom is -0.481 e. The number of nitriles is 1. The molecule has 4 heteroatoms. The Hall–Kier alpha value is -2.02. The van der Waals surface area contributed by atoms with Gasteiger partial charge < -0.3 is 9.64 Å². The molecular formula is C17H22N2O2. The summed E-state index contributed by atoms with van der Waals surface area (Å²) in [7, 11) is 0. The van der Waals surface area contributed by atoms with Gasteiger partial charge in [-0.1, -0.05) is 25.0 Å². The first-order chi connectivity index (χ1) is 10.2. The smallest absolute Gasteiger partial charge is 0.263 e. The monoisotopic (exact) mass is 286 g/mol. The summed E-state index contributed by atoms with van der Waals surface area (Å²) in [4.78, 5) is 14.3. The largest absolute Gasteiger partial charge is 0.481 e. The zero-order valence-corrected chi connectivity index (χ0v) is 12.5. The van der Waals surface area contributed by atoms with Gasteiger partial charge in [0.2, 0.25) is 0 Å². The molecule has 1 heterocycles. The molecule has 112 valence electrons. The quantitative estimate of drug-likeness (QED) is 0.855. The molecule has 1 atom stereocenters. The first-order valence-corrected chi connectivity index (χ1v) is 7.62. The van der Waals surface area contributed by atoms with E-state index in [2.05, 4.69) is 6.07 Å². The van der Waals surface area contributed by atoms with Crippen LogP contribution in [0.4, 0.5) is 0 Å². The number of hydrogen-bond acceptors (Lipinski definition) is 3. The van der Waals surface area contributed by atoms with E-state index in [1.807, 2.05) is 29.2 Å². The van der Waals surface area contributed by atoms with E-state index in [0.717, 1.165) is 31.5 Å². The number of likely N-dealkylation sites (tertiary alicyclic amines) is 1. The van der Waals surface area contributed by atoms with Gasteiger partial charge in [0.05, 0.1) is 12.5 Å². The SMILES string of the molecule is CC(Oc1ccc(CC#N)cc1)C(=O)N1CCCCCC1. The first kappa shape index (κ1) is 15.4. The molecule has 1 fully saturated rings. The number of carbonyl (C=O) groups is 1. The summed E-state index contributed by atoms with van der Waals surface area (Å²) in [5.41, 5.74) is 0.955. The van der Waals surface area contributed by atoms with Crippen LogP contribution in [0.5, 0.6) is 5.75 Å². The number of benzene rings is 1. The predicted molar refractivity (Wildman–Crippen MR) is 80.9 cm³/mol. The van der Waals surface area contributed by atoms with E-state index in [1.165, 1.54) is 12.8 Å². The second kappa shape index (κ2) is 7.68. The lowest BCUT2D eigenvalue weighted by Crippen LogP contribution is -2.40. The van der Waals surface area contributed by atoms with Crippen molar-refractivity contribution in [2.75, 3.05) is 13.1 Å². The molecule has 1 aliphatic heterocycles. The van der Waals surface area contributed by atoms with E-state index >= 15 is 0 Å². The highest BCUT2D eigenvalue weighted by atomic mass is 16.5. The van der Waals surface area contributed by atoms with E-state index in [9.17, 15) is 4.79 Å². The van der Waals surface area contributed by atoms with E-state index in [0.29, 0.717) is 12.2 Å². The summed E-state index contributed by atoms with van der Waals surface area (Å²) in [6, 6.07) is 9.47. The maximum atomic E-state index is 12.4. The second-order valence-corrected chi connectivity index (χ2v) is 5.48. The summed E-state index contributed by atoms with van der Waals surface area (Å²) in [6.45, 7) is 3.48. The molecular weight excluding hydrogens is 264 g/mol. The van der Waals surface area contributed by atoms with Gasteiger partial charge in [-0.3, -0.25) is 4.79 Å². The Kier molecular flexibility index (Phi) is 5.62. The van der Waals surface area contributed by atoms with E-state index in [4.69, 9.17) is 10.00 Å². The molecule has 1 saturated heterocycles. The van der Waals surface area contributed by atoms with Crippen molar-refractivity contribution in [1.29, 1.82) is 5.26 Å². The Bertz CT molecular complexity index is 497. The van der Waals surface area contributed by atoms with Crippen LogP contribution in [0.1, 0.15) is 38.2 Å². The molecule has 1 aromatic rings. The van der Waals surface area contributed by atoms with Crippen molar-refractivity contribution >= 4 is 5.91 Å². The number of hydrogen-bond donors (Lipinski definition) is 0. The lowest BCUT2D eigenvalue weighted by atomic mass is 10.1. The number of rotatable bonds is 4. The molecule has 0 aliphatic carbocycles. The Morgan fingerprint density at radius 3 is 2.43 bits per heavy atom. The molecule has 0 radical (unpaired) electrons. The van der Waals surface area contributed by atoms with Gasteiger partial charge in [-0.05, 0) is 37.5 Å². The predicted octanol–water partition coefficient (Wildman–Crippen LogP) is 2.92. The molecule has 4 nitrogen and oxygen atoms in total. The number of carbonyl (C=O) groups excluding carboxylic acids is 1. The Labute approximate surface area is 126 Å². The third kappa shape index (κ3) is 4.49. The van der Waals surface area contributed by atoms with Crippen molar-refractivity contribution in [3.8, 4) is 11.8 Å². The van der Waals surface area contributed by atoms with Crippen molar-refractivity contribution in [2.45, 2.75) is 45.1 Å². The average Bonchev–Trinajstić information content (AvgIpc) is 2.78. The summed E-state index contributed by atoms with van der Waals surface area (Å²) in [6.07, 6.45) is 4.51. The van der Waals surface area contributed by atoms with E-state index in [1.54, 1.807) is 6.92 Å². The average molecular weight is 286 g/mol. The molecule has 1 unspecified atom stereocenters. The van der Waals surface area contributed by atoms with Gasteiger partial charge in [0, 0.05) is 13.1 Å². The Balaban J connectivity index is 1.91. The zero-order chi connectivity index (χ0) is 15.1. The van der Waals surface area contributed by atoms with Gasteiger partial charge in [0.1, 0.15) is 5.75 Å². The summed E-state index contributed by atoms with van der Waals surface area (Å²) < 4.78 is 5.73. The minimum atomic E-state index is -0.468. The second-order valence-electron chi connectivity index (χ2n) is 5.48. The van der Waals surface area contributed by atoms with Crippen LogP contribution in [0.15, 0.2) is 24.3 Å². The van der Waals surface area contributed by atoms with E-state index in [-0.39, 0.29) is 5.91 Å². The van der Waals surface area contributed by atoms with Gasteiger partial charge in [0.25, 0.3) is 5.91 Å². The topological polar surface area (TPSA) is 53.3 Å². The van der Waals surface area contributed by atoms with Crippen molar-refractivity contribution in [2.24, 2.45) is 0 Å². The maximum absolute atomic E-state index is 12.4. The molecule has 0 saturated carbocycles. The molecule has 2 rings (SSSR count). The van der Waals surface area contributed by atoms with Crippen LogP contribution in [0.25, 0.3) is 0 Å². The summed E-state index contributed by atoms with van der Waals surface area (Å²) in [5.74, 6) is 0.741. The maximum Gasteiger partial charge on any atom is 0.263 e. The van der Waals surface area contributed by atoms with Gasteiger partial charge >= 0.3 is 0 Å². The number of nitrogens with zero attached hydrogens (tertiary/aromatic N) is 2. The van der Waals surface area contributed by atoms with Crippen molar-refractivity contribution < 1.29 is 9.53 Å². The standard InChI is InChI=1S/C17H22N2O2/c1-14(17(20)19-12-4-2-3-5-13-19)21-16-8-6-15(7-9-16)10-11-18/h6-9,14H,2-5,10,12-13H2,1H3. The highest BCUT2D eigenvalue weighted by Gasteiger charge is 2.22. The molecule has 0 bridgehead atoms. The lowest BCUT2D eigenvalue weighted by Gasteiger charge is -2.24. The van der Waals surface area contributed by atoms with Gasteiger partial charge in [-0.2, -0.15) is 5.26 Å². The normalized spacial score (nSPS) is 16.7. The molecule has 1 amide bonds. The lowest BCUT2D eigenvalue weighted by molar-refractivity contribution is -0.137. The van der Waals surface area contributed by atoms with Crippen LogP contribution in [0.3, 0.4) is 0 Å². The molecule has 0 N–H and O–H groups in total. The van der Waals surface area contributed by atoms with Gasteiger partial charge in [-0.15, -0.1) is 0 Å². The summed E-state index contributed by atoms with van der Waals surface area (Å²) >= 11 is 0. The van der Waals surface area contributed by atoms with Gasteiger partial charge in [0.15, 0.2) is 6.10 Å². The van der Waals surface area contributed by atoms with Gasteiger partial charge in [-0.25, -0.2) is 0 Å². The fourth-order valence-electron chi connectivity index (χ4n) is 2.58. The highest BCUT2D eigenvalue weighted by Crippen LogP contribution is 2.16. The Morgan fingerprint density at radius 1 is 1.24 bits per heavy atom. The van der Waals surface area contributed by atoms with Crippen molar-refractivity contribution in [1.82, 2.24) is 4.90 Å².